The van der Waals surface area contributed by atoms with Gasteiger partial charge in [-0.1, -0.05) is 0 Å². The van der Waals surface area contributed by atoms with E-state index in [1.807, 2.05) is 23.6 Å². The Balaban J connectivity index is 1.46. The van der Waals surface area contributed by atoms with Crippen molar-refractivity contribution in [3.8, 4) is 5.75 Å². The number of hydrogen-bond donors (Lipinski definition) is 0. The van der Waals surface area contributed by atoms with Crippen LogP contribution in [0.2, 0.25) is 0 Å². The summed E-state index contributed by atoms with van der Waals surface area (Å²) in [7, 11) is 0. The van der Waals surface area contributed by atoms with Crippen molar-refractivity contribution < 1.29 is 23.5 Å². The molecule has 1 atom stereocenters. The first-order valence-corrected chi connectivity index (χ1v) is 10.8. The molecule has 1 aromatic rings. The first-order chi connectivity index (χ1) is 14.5. The van der Waals surface area contributed by atoms with Crippen LogP contribution in [0.25, 0.3) is 0 Å². The second-order valence-electron chi connectivity index (χ2n) is 7.82. The molecule has 2 aliphatic heterocycles. The third-order valence-corrected chi connectivity index (χ3v) is 5.89. The SMILES string of the molecule is CCN(CC)C(=O)CN1CCC(N2C[C@@H](COc3ccc(F)cc3)OCC2=O)CC1. The summed E-state index contributed by atoms with van der Waals surface area (Å²) in [5.41, 5.74) is 0. The molecule has 2 fully saturated rings. The summed E-state index contributed by atoms with van der Waals surface area (Å²) in [5, 5.41) is 0. The van der Waals surface area contributed by atoms with Gasteiger partial charge >= 0.3 is 0 Å². The number of nitrogens with zero attached hydrogens (tertiary/aromatic N) is 3. The van der Waals surface area contributed by atoms with Crippen LogP contribution in [0.1, 0.15) is 26.7 Å². The normalized spacial score (nSPS) is 21.0. The molecule has 2 saturated heterocycles. The maximum absolute atomic E-state index is 13.0. The molecule has 2 amide bonds. The van der Waals surface area contributed by atoms with Crippen molar-refractivity contribution in [1.82, 2.24) is 14.7 Å². The Morgan fingerprint density at radius 2 is 1.87 bits per heavy atom. The lowest BCUT2D eigenvalue weighted by Crippen LogP contribution is -2.56. The van der Waals surface area contributed by atoms with Gasteiger partial charge in [-0.3, -0.25) is 14.5 Å². The quantitative estimate of drug-likeness (QED) is 0.640. The molecule has 2 heterocycles. The minimum absolute atomic E-state index is 0.00528. The molecule has 0 aromatic heterocycles. The maximum Gasteiger partial charge on any atom is 0.248 e. The van der Waals surface area contributed by atoms with Gasteiger partial charge in [0.05, 0.1) is 13.1 Å². The van der Waals surface area contributed by atoms with Gasteiger partial charge in [0.15, 0.2) is 0 Å². The summed E-state index contributed by atoms with van der Waals surface area (Å²) in [6.07, 6.45) is 1.49. The average molecular weight is 422 g/mol. The molecular weight excluding hydrogens is 389 g/mol. The van der Waals surface area contributed by atoms with Gasteiger partial charge in [0.25, 0.3) is 0 Å². The van der Waals surface area contributed by atoms with Crippen LogP contribution in [-0.2, 0) is 14.3 Å². The molecule has 166 valence electrons. The van der Waals surface area contributed by atoms with Crippen LogP contribution in [0.4, 0.5) is 4.39 Å². The largest absolute Gasteiger partial charge is 0.491 e. The van der Waals surface area contributed by atoms with Crippen LogP contribution in [0.5, 0.6) is 5.75 Å². The van der Waals surface area contributed by atoms with Gasteiger partial charge in [0.1, 0.15) is 30.9 Å². The molecule has 7 nitrogen and oxygen atoms in total. The van der Waals surface area contributed by atoms with Gasteiger partial charge in [0, 0.05) is 32.2 Å². The molecule has 0 N–H and O–H groups in total. The Morgan fingerprint density at radius 1 is 1.20 bits per heavy atom. The molecule has 0 bridgehead atoms. The Morgan fingerprint density at radius 3 is 2.50 bits per heavy atom. The third kappa shape index (κ3) is 5.92. The average Bonchev–Trinajstić information content (AvgIpc) is 2.76. The van der Waals surface area contributed by atoms with E-state index < -0.39 is 0 Å². The smallest absolute Gasteiger partial charge is 0.248 e. The summed E-state index contributed by atoms with van der Waals surface area (Å²) in [5.74, 6) is 0.442. The number of ether oxygens (including phenoxy) is 2. The molecule has 0 radical (unpaired) electrons. The zero-order chi connectivity index (χ0) is 21.5. The standard InChI is InChI=1S/C22H32FN3O4/c1-3-25(4-2)21(27)14-24-11-9-18(10-12-24)26-13-20(30-16-22(26)28)15-29-19-7-5-17(23)6-8-19/h5-8,18,20H,3-4,9-16H2,1-2H3/t20-/m0/s1. The van der Waals surface area contributed by atoms with Gasteiger partial charge in [-0.2, -0.15) is 0 Å². The van der Waals surface area contributed by atoms with Crippen molar-refractivity contribution in [2.75, 3.05) is 52.5 Å². The van der Waals surface area contributed by atoms with Crippen LogP contribution in [0.3, 0.4) is 0 Å². The lowest BCUT2D eigenvalue weighted by atomic mass is 10.0. The number of likely N-dealkylation sites (tertiary alicyclic amines) is 1. The molecule has 30 heavy (non-hydrogen) atoms. The number of piperidine rings is 1. The second-order valence-corrected chi connectivity index (χ2v) is 7.82. The lowest BCUT2D eigenvalue weighted by Gasteiger charge is -2.42. The summed E-state index contributed by atoms with van der Waals surface area (Å²) in [6.45, 7) is 8.36. The maximum atomic E-state index is 13.0. The lowest BCUT2D eigenvalue weighted by molar-refractivity contribution is -0.155. The van der Waals surface area contributed by atoms with Crippen LogP contribution in [0, 0.1) is 5.82 Å². The number of likely N-dealkylation sites (N-methyl/N-ethyl adjacent to an activating group) is 1. The minimum Gasteiger partial charge on any atom is -0.491 e. The predicted molar refractivity (Wildman–Crippen MR) is 111 cm³/mol. The number of benzene rings is 1. The topological polar surface area (TPSA) is 62.3 Å². The van der Waals surface area contributed by atoms with Gasteiger partial charge in [-0.15, -0.1) is 0 Å². The minimum atomic E-state index is -0.307. The van der Waals surface area contributed by atoms with E-state index in [4.69, 9.17) is 9.47 Å². The Hall–Kier alpha value is -2.19. The highest BCUT2D eigenvalue weighted by atomic mass is 19.1. The Labute approximate surface area is 177 Å². The Kier molecular flexibility index (Phi) is 8.04. The third-order valence-electron chi connectivity index (χ3n) is 5.89. The van der Waals surface area contributed by atoms with Crippen molar-refractivity contribution in [1.29, 1.82) is 0 Å². The zero-order valence-corrected chi connectivity index (χ0v) is 17.9. The van der Waals surface area contributed by atoms with Crippen molar-refractivity contribution >= 4 is 11.8 Å². The second kappa shape index (κ2) is 10.7. The van der Waals surface area contributed by atoms with Crippen molar-refractivity contribution in [2.45, 2.75) is 38.8 Å². The summed E-state index contributed by atoms with van der Waals surface area (Å²) >= 11 is 0. The van der Waals surface area contributed by atoms with E-state index >= 15 is 0 Å². The van der Waals surface area contributed by atoms with Crippen LogP contribution in [-0.4, -0.2) is 91.1 Å². The van der Waals surface area contributed by atoms with Crippen LogP contribution >= 0.6 is 0 Å². The highest BCUT2D eigenvalue weighted by Crippen LogP contribution is 2.21. The van der Waals surface area contributed by atoms with E-state index in [2.05, 4.69) is 4.90 Å². The number of carbonyl (C=O) groups is 2. The molecule has 3 rings (SSSR count). The fraction of sp³-hybridized carbons (Fsp3) is 0.636. The number of rotatable bonds is 8. The number of halogens is 1. The predicted octanol–water partition coefficient (Wildman–Crippen LogP) is 1.76. The number of amides is 2. The van der Waals surface area contributed by atoms with E-state index in [1.165, 1.54) is 12.1 Å². The van der Waals surface area contributed by atoms with Crippen molar-refractivity contribution in [3.05, 3.63) is 30.1 Å². The summed E-state index contributed by atoms with van der Waals surface area (Å²) in [4.78, 5) is 30.7. The van der Waals surface area contributed by atoms with Crippen molar-refractivity contribution in [3.63, 3.8) is 0 Å². The molecule has 0 aliphatic carbocycles. The van der Waals surface area contributed by atoms with E-state index in [-0.39, 0.29) is 36.4 Å². The molecule has 0 spiro atoms. The highest BCUT2D eigenvalue weighted by Gasteiger charge is 2.34. The molecule has 0 unspecified atom stereocenters. The monoisotopic (exact) mass is 421 g/mol. The van der Waals surface area contributed by atoms with E-state index in [9.17, 15) is 14.0 Å². The number of hydrogen-bond acceptors (Lipinski definition) is 5. The first kappa shape index (κ1) is 22.5. The van der Waals surface area contributed by atoms with Crippen molar-refractivity contribution in [2.24, 2.45) is 0 Å². The first-order valence-electron chi connectivity index (χ1n) is 10.8. The van der Waals surface area contributed by atoms with Gasteiger partial charge in [0.2, 0.25) is 11.8 Å². The molecule has 0 saturated carbocycles. The molecule has 2 aliphatic rings. The van der Waals surface area contributed by atoms with Crippen LogP contribution < -0.4 is 4.74 Å². The van der Waals surface area contributed by atoms with Gasteiger partial charge in [-0.25, -0.2) is 4.39 Å². The van der Waals surface area contributed by atoms with E-state index in [1.54, 1.807) is 12.1 Å². The fourth-order valence-electron chi connectivity index (χ4n) is 4.08. The Bertz CT molecular complexity index is 703. The molecular formula is C22H32FN3O4. The van der Waals surface area contributed by atoms with Gasteiger partial charge < -0.3 is 19.3 Å². The van der Waals surface area contributed by atoms with Gasteiger partial charge in [-0.05, 0) is 51.0 Å². The number of carbonyl (C=O) groups excluding carboxylic acids is 2. The van der Waals surface area contributed by atoms with E-state index in [0.29, 0.717) is 25.4 Å². The van der Waals surface area contributed by atoms with Crippen LogP contribution in [0.15, 0.2) is 24.3 Å². The zero-order valence-electron chi connectivity index (χ0n) is 17.9. The molecule has 8 heteroatoms. The highest BCUT2D eigenvalue weighted by molar-refractivity contribution is 5.79. The molecule has 1 aromatic carbocycles. The van der Waals surface area contributed by atoms with E-state index in [0.717, 1.165) is 39.0 Å². The fourth-order valence-corrected chi connectivity index (χ4v) is 4.08. The summed E-state index contributed by atoms with van der Waals surface area (Å²) in [6, 6.07) is 6.03. The summed E-state index contributed by atoms with van der Waals surface area (Å²) < 4.78 is 24.3. The number of morpholine rings is 1.